The lowest BCUT2D eigenvalue weighted by molar-refractivity contribution is 0.603. The molecule has 0 bridgehead atoms. The fourth-order valence-electron chi connectivity index (χ4n) is 1.20. The first kappa shape index (κ1) is 13.7. The Morgan fingerprint density at radius 2 is 2.17 bits per heavy atom. The normalized spacial score (nSPS) is 11.5. The van der Waals surface area contributed by atoms with Crippen LogP contribution in [0.2, 0.25) is 4.47 Å². The Hall–Kier alpha value is -0.700. The molecule has 0 aliphatic heterocycles. The van der Waals surface area contributed by atoms with Gasteiger partial charge in [0.1, 0.15) is 4.60 Å². The summed E-state index contributed by atoms with van der Waals surface area (Å²) >= 11 is 9.73. The van der Waals surface area contributed by atoms with E-state index in [0.717, 1.165) is 11.3 Å². The maximum atomic E-state index is 12.0. The Bertz CT molecular complexity index is 687. The number of nitrogens with zero attached hydrogens (tertiary/aromatic N) is 2. The number of hydrogen-bond acceptors (Lipinski definition) is 5. The van der Waals surface area contributed by atoms with Gasteiger partial charge < -0.3 is 0 Å². The molecule has 2 aromatic rings. The van der Waals surface area contributed by atoms with E-state index in [1.807, 2.05) is 0 Å². The number of aryl methyl sites for hydroxylation is 1. The number of anilines is 1. The third kappa shape index (κ3) is 3.00. The molecule has 0 aliphatic carbocycles. The number of aromatic nitrogens is 2. The number of hydrogen-bond donors (Lipinski definition) is 1. The zero-order valence-electron chi connectivity index (χ0n) is 9.02. The van der Waals surface area contributed by atoms with Crippen molar-refractivity contribution in [2.24, 2.45) is 0 Å². The summed E-state index contributed by atoms with van der Waals surface area (Å²) in [6, 6.07) is 3.29. The molecule has 0 saturated heterocycles. The molecule has 0 amide bonds. The van der Waals surface area contributed by atoms with Crippen LogP contribution in [0.3, 0.4) is 0 Å². The molecule has 5 nitrogen and oxygen atoms in total. The summed E-state index contributed by atoms with van der Waals surface area (Å²) in [5.74, 6) is 0. The highest BCUT2D eigenvalue weighted by molar-refractivity contribution is 9.10. The molecule has 0 aromatic carbocycles. The van der Waals surface area contributed by atoms with Gasteiger partial charge in [-0.3, -0.25) is 4.72 Å². The minimum absolute atomic E-state index is 0.0646. The molecule has 0 fully saturated rings. The highest BCUT2D eigenvalue weighted by Gasteiger charge is 2.18. The molecular formula is C9H7BrClN3O2S2. The smallest absolute Gasteiger partial charge is 0.273 e. The quantitative estimate of drug-likeness (QED) is 0.845. The van der Waals surface area contributed by atoms with Gasteiger partial charge in [-0.05, 0) is 35.0 Å². The van der Waals surface area contributed by atoms with Crippen LogP contribution >= 0.6 is 38.9 Å². The van der Waals surface area contributed by atoms with Gasteiger partial charge in [-0.1, -0.05) is 22.9 Å². The van der Waals surface area contributed by atoms with Gasteiger partial charge in [-0.2, -0.15) is 0 Å². The van der Waals surface area contributed by atoms with Crippen LogP contribution in [0.5, 0.6) is 0 Å². The van der Waals surface area contributed by atoms with Crippen LogP contribution in [0.1, 0.15) is 5.69 Å². The fourth-order valence-corrected chi connectivity index (χ4v) is 4.01. The lowest BCUT2D eigenvalue weighted by atomic mass is 10.3. The zero-order chi connectivity index (χ0) is 13.3. The van der Waals surface area contributed by atoms with Crippen molar-refractivity contribution < 1.29 is 8.42 Å². The number of thiazole rings is 1. The number of rotatable bonds is 3. The number of halogens is 2. The molecule has 0 saturated carbocycles. The summed E-state index contributed by atoms with van der Waals surface area (Å²) in [6.45, 7) is 1.71. The van der Waals surface area contributed by atoms with E-state index < -0.39 is 10.0 Å². The average molecular weight is 369 g/mol. The van der Waals surface area contributed by atoms with E-state index in [2.05, 4.69) is 30.6 Å². The standard InChI is InChI=1S/C9H7BrClN3O2S2/c1-5-6(2-3-7(10)13-5)14-18(15,16)8-4-12-9(11)17-8/h2-4,14H,1H3. The number of sulfonamides is 1. The van der Waals surface area contributed by atoms with E-state index in [0.29, 0.717) is 16.0 Å². The highest BCUT2D eigenvalue weighted by atomic mass is 79.9. The van der Waals surface area contributed by atoms with Crippen LogP contribution < -0.4 is 4.72 Å². The lowest BCUT2D eigenvalue weighted by Gasteiger charge is -2.08. The van der Waals surface area contributed by atoms with Crippen molar-refractivity contribution in [2.75, 3.05) is 4.72 Å². The second-order valence-electron chi connectivity index (χ2n) is 3.30. The largest absolute Gasteiger partial charge is 0.277 e. The molecular weight excluding hydrogens is 362 g/mol. The van der Waals surface area contributed by atoms with Crippen LogP contribution in [0, 0.1) is 6.92 Å². The van der Waals surface area contributed by atoms with Gasteiger partial charge in [0.2, 0.25) is 0 Å². The van der Waals surface area contributed by atoms with Crippen molar-refractivity contribution in [3.8, 4) is 0 Å². The molecule has 0 unspecified atom stereocenters. The summed E-state index contributed by atoms with van der Waals surface area (Å²) in [7, 11) is -3.66. The van der Waals surface area contributed by atoms with Crippen molar-refractivity contribution in [1.29, 1.82) is 0 Å². The molecule has 0 aliphatic rings. The Kier molecular flexibility index (Phi) is 3.90. The zero-order valence-corrected chi connectivity index (χ0v) is 13.0. The molecule has 2 heterocycles. The second-order valence-corrected chi connectivity index (χ2v) is 7.64. The van der Waals surface area contributed by atoms with Crippen molar-refractivity contribution in [2.45, 2.75) is 11.1 Å². The molecule has 2 aromatic heterocycles. The summed E-state index contributed by atoms with van der Waals surface area (Å²) in [6.07, 6.45) is 1.22. The molecule has 18 heavy (non-hydrogen) atoms. The van der Waals surface area contributed by atoms with E-state index in [4.69, 9.17) is 11.6 Å². The molecule has 0 atom stereocenters. The maximum absolute atomic E-state index is 12.0. The van der Waals surface area contributed by atoms with E-state index >= 15 is 0 Å². The SMILES string of the molecule is Cc1nc(Br)ccc1NS(=O)(=O)c1cnc(Cl)s1. The molecule has 0 spiro atoms. The van der Waals surface area contributed by atoms with Crippen molar-refractivity contribution in [3.63, 3.8) is 0 Å². The summed E-state index contributed by atoms with van der Waals surface area (Å²) in [4.78, 5) is 7.81. The minimum Gasteiger partial charge on any atom is -0.277 e. The van der Waals surface area contributed by atoms with Crippen LogP contribution in [-0.4, -0.2) is 18.4 Å². The van der Waals surface area contributed by atoms with E-state index in [9.17, 15) is 8.42 Å². The van der Waals surface area contributed by atoms with Crippen LogP contribution in [0.15, 0.2) is 27.1 Å². The maximum Gasteiger partial charge on any atom is 0.273 e. The molecule has 96 valence electrons. The summed E-state index contributed by atoms with van der Waals surface area (Å²) < 4.78 is 27.4. The molecule has 2 rings (SSSR count). The third-order valence-electron chi connectivity index (χ3n) is 2.02. The van der Waals surface area contributed by atoms with Gasteiger partial charge in [0.15, 0.2) is 8.68 Å². The Labute approximate surface area is 121 Å². The van der Waals surface area contributed by atoms with Gasteiger partial charge in [-0.25, -0.2) is 18.4 Å². The van der Waals surface area contributed by atoms with Crippen molar-refractivity contribution in [3.05, 3.63) is 33.1 Å². The molecule has 1 N–H and O–H groups in total. The lowest BCUT2D eigenvalue weighted by Crippen LogP contribution is -2.12. The van der Waals surface area contributed by atoms with Crippen LogP contribution in [-0.2, 0) is 10.0 Å². The van der Waals surface area contributed by atoms with Gasteiger partial charge in [0.05, 0.1) is 17.6 Å². The highest BCUT2D eigenvalue weighted by Crippen LogP contribution is 2.25. The first-order chi connectivity index (χ1) is 8.38. The Morgan fingerprint density at radius 1 is 1.44 bits per heavy atom. The predicted molar refractivity (Wildman–Crippen MR) is 74.6 cm³/mol. The van der Waals surface area contributed by atoms with E-state index in [1.54, 1.807) is 19.1 Å². The van der Waals surface area contributed by atoms with Crippen molar-refractivity contribution in [1.82, 2.24) is 9.97 Å². The Morgan fingerprint density at radius 3 is 2.72 bits per heavy atom. The fraction of sp³-hybridized carbons (Fsp3) is 0.111. The predicted octanol–water partition coefficient (Wildman–Crippen LogP) is 3.06. The van der Waals surface area contributed by atoms with E-state index in [-0.39, 0.29) is 8.68 Å². The van der Waals surface area contributed by atoms with Gasteiger partial charge >= 0.3 is 0 Å². The van der Waals surface area contributed by atoms with Gasteiger partial charge in [-0.15, -0.1) is 0 Å². The third-order valence-corrected chi connectivity index (χ3v) is 5.40. The van der Waals surface area contributed by atoms with Crippen LogP contribution in [0.25, 0.3) is 0 Å². The summed E-state index contributed by atoms with van der Waals surface area (Å²) in [5.41, 5.74) is 0.992. The van der Waals surface area contributed by atoms with E-state index in [1.165, 1.54) is 6.20 Å². The Balaban J connectivity index is 2.33. The van der Waals surface area contributed by atoms with Crippen LogP contribution in [0.4, 0.5) is 5.69 Å². The molecule has 0 radical (unpaired) electrons. The second kappa shape index (κ2) is 5.12. The first-order valence-corrected chi connectivity index (χ1v) is 8.13. The number of pyridine rings is 1. The first-order valence-electron chi connectivity index (χ1n) is 4.66. The number of nitrogens with one attached hydrogen (secondary N) is 1. The molecule has 9 heteroatoms. The summed E-state index contributed by atoms with van der Waals surface area (Å²) in [5, 5.41) is 0. The minimum atomic E-state index is -3.66. The monoisotopic (exact) mass is 367 g/mol. The van der Waals surface area contributed by atoms with Crippen molar-refractivity contribution >= 4 is 54.6 Å². The average Bonchev–Trinajstić information content (AvgIpc) is 2.70. The topological polar surface area (TPSA) is 72.0 Å². The van der Waals surface area contributed by atoms with Gasteiger partial charge in [0.25, 0.3) is 10.0 Å². The van der Waals surface area contributed by atoms with Gasteiger partial charge in [0, 0.05) is 0 Å².